The molecule has 0 saturated heterocycles. The number of thioether (sulfide) groups is 1. The van der Waals surface area contributed by atoms with Gasteiger partial charge in [0.1, 0.15) is 13.2 Å². The second-order valence-corrected chi connectivity index (χ2v) is 6.96. The molecule has 1 aromatic rings. The fourth-order valence-electron chi connectivity index (χ4n) is 2.74. The van der Waals surface area contributed by atoms with Crippen LogP contribution in [0.2, 0.25) is 0 Å². The average molecular weight is 333 g/mol. The largest absolute Gasteiger partial charge is 0.486 e. The normalized spacial score (nSPS) is 16.6. The minimum absolute atomic E-state index is 0.126. The predicted octanol–water partition coefficient (Wildman–Crippen LogP) is 3.56. The molecule has 1 amide bonds. The Morgan fingerprint density at radius 1 is 1.17 bits per heavy atom. The van der Waals surface area contributed by atoms with E-state index in [0.717, 1.165) is 35.0 Å². The number of carbonyl (C=O) groups excluding carboxylic acids is 1. The molecule has 0 bridgehead atoms. The van der Waals surface area contributed by atoms with E-state index in [4.69, 9.17) is 9.47 Å². The first-order valence-corrected chi connectivity index (χ1v) is 9.27. The molecular weight excluding hydrogens is 310 g/mol. The second kappa shape index (κ2) is 8.29. The van der Waals surface area contributed by atoms with Crippen molar-refractivity contribution in [2.75, 3.05) is 25.5 Å². The molecule has 0 unspecified atom stereocenters. The third-order valence-corrected chi connectivity index (χ3v) is 5.00. The molecule has 5 heteroatoms. The van der Waals surface area contributed by atoms with Gasteiger partial charge in [-0.2, -0.15) is 0 Å². The molecule has 0 atom stereocenters. The highest BCUT2D eigenvalue weighted by atomic mass is 32.2. The Bertz CT molecular complexity index is 586. The van der Waals surface area contributed by atoms with Gasteiger partial charge in [-0.1, -0.05) is 11.6 Å². The molecule has 124 valence electrons. The smallest absolute Gasteiger partial charge is 0.221 e. The van der Waals surface area contributed by atoms with E-state index in [1.165, 1.54) is 18.4 Å². The van der Waals surface area contributed by atoms with Crippen LogP contribution in [-0.2, 0) is 4.79 Å². The molecule has 0 fully saturated rings. The number of nitrogens with one attached hydrogen (secondary N) is 1. The number of rotatable bonds is 6. The maximum Gasteiger partial charge on any atom is 0.221 e. The summed E-state index contributed by atoms with van der Waals surface area (Å²) in [4.78, 5) is 13.0. The first-order valence-electron chi connectivity index (χ1n) is 8.28. The van der Waals surface area contributed by atoms with E-state index in [1.54, 1.807) is 11.8 Å². The van der Waals surface area contributed by atoms with Crippen molar-refractivity contribution < 1.29 is 14.3 Å². The lowest BCUT2D eigenvalue weighted by atomic mass is 10.00. The third kappa shape index (κ3) is 4.93. The van der Waals surface area contributed by atoms with Gasteiger partial charge < -0.3 is 14.8 Å². The Balaban J connectivity index is 1.38. The third-order valence-electron chi connectivity index (χ3n) is 4.01. The van der Waals surface area contributed by atoms with E-state index >= 15 is 0 Å². The lowest BCUT2D eigenvalue weighted by Gasteiger charge is -2.18. The fraction of sp³-hybridized carbons (Fsp3) is 0.500. The Morgan fingerprint density at radius 2 is 2.04 bits per heavy atom. The number of hydrogen-bond acceptors (Lipinski definition) is 4. The minimum Gasteiger partial charge on any atom is -0.486 e. The van der Waals surface area contributed by atoms with Crippen molar-refractivity contribution in [2.24, 2.45) is 0 Å². The standard InChI is InChI=1S/C18H23NO3S/c20-18(19-13-14-4-2-1-3-5-14)8-11-23-15-6-7-16-17(12-15)22-10-9-21-16/h4,6-7,12H,1-3,5,8-11,13H2,(H,19,20). The molecule has 1 aliphatic heterocycles. The van der Waals surface area contributed by atoms with Crippen LogP contribution < -0.4 is 14.8 Å². The van der Waals surface area contributed by atoms with E-state index in [9.17, 15) is 4.79 Å². The summed E-state index contributed by atoms with van der Waals surface area (Å²) in [5.41, 5.74) is 1.38. The maximum absolute atomic E-state index is 11.9. The zero-order valence-corrected chi connectivity index (χ0v) is 14.1. The molecule has 4 nitrogen and oxygen atoms in total. The highest BCUT2D eigenvalue weighted by Gasteiger charge is 2.12. The molecule has 23 heavy (non-hydrogen) atoms. The molecule has 1 heterocycles. The fourth-order valence-corrected chi connectivity index (χ4v) is 3.62. The molecule has 3 rings (SSSR count). The van der Waals surface area contributed by atoms with Crippen LogP contribution in [0.3, 0.4) is 0 Å². The van der Waals surface area contributed by atoms with E-state index in [2.05, 4.69) is 11.4 Å². The van der Waals surface area contributed by atoms with E-state index in [1.807, 2.05) is 18.2 Å². The molecular formula is C18H23NO3S. The van der Waals surface area contributed by atoms with Gasteiger partial charge in [0.05, 0.1) is 0 Å². The first kappa shape index (κ1) is 16.2. The first-order chi connectivity index (χ1) is 11.3. The van der Waals surface area contributed by atoms with Gasteiger partial charge in [0.25, 0.3) is 0 Å². The molecule has 1 aliphatic carbocycles. The molecule has 1 N–H and O–H groups in total. The second-order valence-electron chi connectivity index (χ2n) is 5.79. The molecule has 0 radical (unpaired) electrons. The van der Waals surface area contributed by atoms with Crippen LogP contribution in [0.15, 0.2) is 34.7 Å². The van der Waals surface area contributed by atoms with Crippen molar-refractivity contribution >= 4 is 17.7 Å². The summed E-state index contributed by atoms with van der Waals surface area (Å²) in [5.74, 6) is 2.50. The Hall–Kier alpha value is -1.62. The van der Waals surface area contributed by atoms with Crippen LogP contribution >= 0.6 is 11.8 Å². The van der Waals surface area contributed by atoms with E-state index < -0.39 is 0 Å². The summed E-state index contributed by atoms with van der Waals surface area (Å²) in [7, 11) is 0. The van der Waals surface area contributed by atoms with Gasteiger partial charge in [-0.15, -0.1) is 11.8 Å². The van der Waals surface area contributed by atoms with Crippen LogP contribution in [0.1, 0.15) is 32.1 Å². The van der Waals surface area contributed by atoms with Crippen molar-refractivity contribution in [3.8, 4) is 11.5 Å². The summed E-state index contributed by atoms with van der Waals surface area (Å²) in [6, 6.07) is 5.94. The lowest BCUT2D eigenvalue weighted by molar-refractivity contribution is -0.120. The van der Waals surface area contributed by atoms with Gasteiger partial charge in [0.2, 0.25) is 5.91 Å². The summed E-state index contributed by atoms with van der Waals surface area (Å²) >= 11 is 1.67. The zero-order chi connectivity index (χ0) is 15.9. The van der Waals surface area contributed by atoms with Crippen LogP contribution in [0.25, 0.3) is 0 Å². The van der Waals surface area contributed by atoms with Gasteiger partial charge in [-0.25, -0.2) is 0 Å². The summed E-state index contributed by atoms with van der Waals surface area (Å²) in [6.07, 6.45) is 7.63. The van der Waals surface area contributed by atoms with Crippen LogP contribution in [0.5, 0.6) is 11.5 Å². The number of ether oxygens (including phenoxy) is 2. The van der Waals surface area contributed by atoms with Gasteiger partial charge in [0.15, 0.2) is 11.5 Å². The van der Waals surface area contributed by atoms with Crippen LogP contribution in [0.4, 0.5) is 0 Å². The van der Waals surface area contributed by atoms with Crippen molar-refractivity contribution in [1.82, 2.24) is 5.32 Å². The quantitative estimate of drug-likeness (QED) is 0.639. The average Bonchev–Trinajstić information content (AvgIpc) is 2.61. The molecule has 0 spiro atoms. The van der Waals surface area contributed by atoms with Gasteiger partial charge in [0, 0.05) is 23.6 Å². The SMILES string of the molecule is O=C(CCSc1ccc2c(c1)OCCO2)NCC1=CCCCC1. The van der Waals surface area contributed by atoms with Gasteiger partial charge in [-0.05, 0) is 43.9 Å². The highest BCUT2D eigenvalue weighted by Crippen LogP contribution is 2.34. The number of hydrogen-bond donors (Lipinski definition) is 1. The minimum atomic E-state index is 0.126. The zero-order valence-electron chi connectivity index (χ0n) is 13.3. The molecule has 0 aromatic heterocycles. The Labute approximate surface area is 141 Å². The number of benzene rings is 1. The summed E-state index contributed by atoms with van der Waals surface area (Å²) in [6.45, 7) is 1.92. The summed E-state index contributed by atoms with van der Waals surface area (Å²) in [5, 5.41) is 3.02. The van der Waals surface area contributed by atoms with E-state index in [-0.39, 0.29) is 5.91 Å². The maximum atomic E-state index is 11.9. The molecule has 2 aliphatic rings. The van der Waals surface area contributed by atoms with Crippen LogP contribution in [0, 0.1) is 0 Å². The molecule has 1 aromatic carbocycles. The van der Waals surface area contributed by atoms with Crippen molar-refractivity contribution in [3.63, 3.8) is 0 Å². The van der Waals surface area contributed by atoms with Crippen molar-refractivity contribution in [3.05, 3.63) is 29.8 Å². The van der Waals surface area contributed by atoms with Gasteiger partial charge >= 0.3 is 0 Å². The summed E-state index contributed by atoms with van der Waals surface area (Å²) < 4.78 is 11.1. The predicted molar refractivity (Wildman–Crippen MR) is 92.3 cm³/mol. The van der Waals surface area contributed by atoms with Crippen molar-refractivity contribution in [2.45, 2.75) is 37.0 Å². The number of allylic oxidation sites excluding steroid dienone is 1. The van der Waals surface area contributed by atoms with Crippen LogP contribution in [-0.4, -0.2) is 31.4 Å². The highest BCUT2D eigenvalue weighted by molar-refractivity contribution is 7.99. The van der Waals surface area contributed by atoms with Gasteiger partial charge in [-0.3, -0.25) is 4.79 Å². The Kier molecular flexibility index (Phi) is 5.86. The number of fused-ring (bicyclic) bond motifs is 1. The molecule has 0 saturated carbocycles. The van der Waals surface area contributed by atoms with Crippen molar-refractivity contribution in [1.29, 1.82) is 0 Å². The number of amides is 1. The number of carbonyl (C=O) groups is 1. The Morgan fingerprint density at radius 3 is 2.87 bits per heavy atom. The monoisotopic (exact) mass is 333 g/mol. The van der Waals surface area contributed by atoms with E-state index in [0.29, 0.717) is 26.2 Å². The topological polar surface area (TPSA) is 47.6 Å². The lowest BCUT2D eigenvalue weighted by Crippen LogP contribution is -2.26.